The van der Waals surface area contributed by atoms with Gasteiger partial charge in [0, 0.05) is 25.9 Å². The van der Waals surface area contributed by atoms with Gasteiger partial charge in [0.2, 0.25) is 5.91 Å². The molecule has 7 nitrogen and oxygen atoms in total. The highest BCUT2D eigenvalue weighted by atomic mass is 16.3. The van der Waals surface area contributed by atoms with Crippen LogP contribution in [-0.4, -0.2) is 49.9 Å². The summed E-state index contributed by atoms with van der Waals surface area (Å²) in [6, 6.07) is 15.2. The molecular formula is C27H31N3O4. The second-order valence-electron chi connectivity index (χ2n) is 9.53. The molecule has 0 bridgehead atoms. The Labute approximate surface area is 199 Å². The molecule has 1 aliphatic heterocycles. The van der Waals surface area contributed by atoms with Gasteiger partial charge in [0.05, 0.1) is 29.4 Å². The van der Waals surface area contributed by atoms with E-state index in [1.165, 1.54) is 17.8 Å². The van der Waals surface area contributed by atoms with Crippen molar-refractivity contribution >= 4 is 22.6 Å². The van der Waals surface area contributed by atoms with Crippen LogP contribution in [0.5, 0.6) is 0 Å². The summed E-state index contributed by atoms with van der Waals surface area (Å²) in [5.41, 5.74) is 1.21. The van der Waals surface area contributed by atoms with E-state index in [0.29, 0.717) is 49.7 Å². The van der Waals surface area contributed by atoms with Gasteiger partial charge in [0.25, 0.3) is 5.56 Å². The lowest BCUT2D eigenvalue weighted by Gasteiger charge is -2.38. The molecule has 2 aromatic carbocycles. The molecule has 0 aliphatic carbocycles. The number of aromatic nitrogens is 2. The van der Waals surface area contributed by atoms with Gasteiger partial charge in [-0.2, -0.15) is 0 Å². The van der Waals surface area contributed by atoms with Gasteiger partial charge in [-0.25, -0.2) is 4.98 Å². The molecule has 0 saturated carbocycles. The molecule has 0 spiro atoms. The van der Waals surface area contributed by atoms with E-state index in [4.69, 9.17) is 0 Å². The van der Waals surface area contributed by atoms with E-state index in [9.17, 15) is 19.5 Å². The second kappa shape index (κ2) is 9.89. The van der Waals surface area contributed by atoms with Crippen molar-refractivity contribution in [3.05, 3.63) is 76.3 Å². The van der Waals surface area contributed by atoms with Gasteiger partial charge in [-0.15, -0.1) is 0 Å². The zero-order valence-corrected chi connectivity index (χ0v) is 19.7. The van der Waals surface area contributed by atoms with E-state index < -0.39 is 5.60 Å². The maximum absolute atomic E-state index is 13.0. The average Bonchev–Trinajstić information content (AvgIpc) is 2.81. The van der Waals surface area contributed by atoms with Crippen LogP contribution in [0.2, 0.25) is 0 Å². The van der Waals surface area contributed by atoms with Crippen molar-refractivity contribution in [2.75, 3.05) is 13.1 Å². The molecule has 3 aromatic rings. The lowest BCUT2D eigenvalue weighted by molar-refractivity contribution is -0.136. The number of likely N-dealkylation sites (tertiary alicyclic amines) is 1. The van der Waals surface area contributed by atoms with Gasteiger partial charge in [-0.05, 0) is 48.9 Å². The van der Waals surface area contributed by atoms with Crippen molar-refractivity contribution in [1.82, 2.24) is 14.5 Å². The molecule has 1 aromatic heterocycles. The predicted octanol–water partition coefficient (Wildman–Crippen LogP) is 3.08. The van der Waals surface area contributed by atoms with E-state index in [0.717, 1.165) is 11.1 Å². The van der Waals surface area contributed by atoms with E-state index in [2.05, 4.69) is 11.9 Å². The smallest absolute Gasteiger partial charge is 0.261 e. The number of fused-ring (bicyclic) bond motifs is 1. The first-order valence-electron chi connectivity index (χ1n) is 11.8. The molecule has 0 radical (unpaired) electrons. The number of nitrogens with zero attached hydrogens (tertiary/aromatic N) is 3. The van der Waals surface area contributed by atoms with Crippen molar-refractivity contribution in [2.24, 2.45) is 0 Å². The second-order valence-corrected chi connectivity index (χ2v) is 9.53. The standard InChI is InChI=1S/C27H31N3O4/c1-19(22-6-4-3-5-7-22)14-25(32)29-12-10-27(34,11-13-29)17-30-18-28-24-16-21(15-20(2)31)8-9-23(24)26(30)33/h3-9,16,18-19,34H,10-15,17H2,1-2H3/t19-/m1/s1. The first kappa shape index (κ1) is 23.8. The molecular weight excluding hydrogens is 430 g/mol. The first-order valence-corrected chi connectivity index (χ1v) is 11.8. The van der Waals surface area contributed by atoms with Crippen molar-refractivity contribution < 1.29 is 14.7 Å². The molecule has 1 amide bonds. The fraction of sp³-hybridized carbons (Fsp3) is 0.407. The van der Waals surface area contributed by atoms with Crippen molar-refractivity contribution in [2.45, 2.75) is 57.6 Å². The third kappa shape index (κ3) is 5.42. The molecule has 1 aliphatic rings. The highest BCUT2D eigenvalue weighted by Gasteiger charge is 2.35. The number of rotatable bonds is 7. The number of carbonyl (C=O) groups excluding carboxylic acids is 2. The monoisotopic (exact) mass is 461 g/mol. The van der Waals surface area contributed by atoms with Crippen LogP contribution in [0.4, 0.5) is 0 Å². The topological polar surface area (TPSA) is 92.5 Å². The van der Waals surface area contributed by atoms with Gasteiger partial charge in [-0.3, -0.25) is 19.0 Å². The third-order valence-electron chi connectivity index (χ3n) is 6.70. The summed E-state index contributed by atoms with van der Waals surface area (Å²) < 4.78 is 1.45. The number of amides is 1. The van der Waals surface area contributed by atoms with Crippen LogP contribution >= 0.6 is 0 Å². The van der Waals surface area contributed by atoms with Gasteiger partial charge in [0.1, 0.15) is 5.78 Å². The highest BCUT2D eigenvalue weighted by Crippen LogP contribution is 2.26. The van der Waals surface area contributed by atoms with Crippen LogP contribution in [0, 0.1) is 0 Å². The zero-order valence-electron chi connectivity index (χ0n) is 19.7. The van der Waals surface area contributed by atoms with E-state index in [1.54, 1.807) is 18.2 Å². The van der Waals surface area contributed by atoms with Crippen LogP contribution in [-0.2, 0) is 22.6 Å². The molecule has 1 fully saturated rings. The predicted molar refractivity (Wildman–Crippen MR) is 131 cm³/mol. The molecule has 7 heteroatoms. The van der Waals surface area contributed by atoms with E-state index >= 15 is 0 Å². The van der Waals surface area contributed by atoms with Crippen LogP contribution < -0.4 is 5.56 Å². The van der Waals surface area contributed by atoms with Gasteiger partial charge in [0.15, 0.2) is 0 Å². The minimum atomic E-state index is -1.07. The van der Waals surface area contributed by atoms with Gasteiger partial charge < -0.3 is 10.0 Å². The van der Waals surface area contributed by atoms with Crippen molar-refractivity contribution in [3.63, 3.8) is 0 Å². The molecule has 1 N–H and O–H groups in total. The zero-order chi connectivity index (χ0) is 24.3. The summed E-state index contributed by atoms with van der Waals surface area (Å²) in [5.74, 6) is 0.270. The number of piperidine rings is 1. The summed E-state index contributed by atoms with van der Waals surface area (Å²) in [4.78, 5) is 43.4. The normalized spacial score (nSPS) is 16.4. The van der Waals surface area contributed by atoms with Crippen molar-refractivity contribution in [3.8, 4) is 0 Å². The van der Waals surface area contributed by atoms with Crippen LogP contribution in [0.1, 0.15) is 50.2 Å². The fourth-order valence-corrected chi connectivity index (χ4v) is 4.65. The SMILES string of the molecule is CC(=O)Cc1ccc2c(=O)n(CC3(O)CCN(C(=O)C[C@@H](C)c4ccccc4)CC3)cnc2c1. The Morgan fingerprint density at radius 2 is 1.82 bits per heavy atom. The molecule has 0 unspecified atom stereocenters. The number of Topliss-reactive ketones (excluding diaryl/α,β-unsaturated/α-hetero) is 1. The molecule has 2 heterocycles. The minimum Gasteiger partial charge on any atom is -0.388 e. The lowest BCUT2D eigenvalue weighted by Crippen LogP contribution is -2.49. The van der Waals surface area contributed by atoms with Crippen LogP contribution in [0.15, 0.2) is 59.7 Å². The summed E-state index contributed by atoms with van der Waals surface area (Å²) in [6.45, 7) is 4.63. The summed E-state index contributed by atoms with van der Waals surface area (Å²) in [5, 5.41) is 11.6. The van der Waals surface area contributed by atoms with E-state index in [-0.39, 0.29) is 29.7 Å². The number of aliphatic hydroxyl groups is 1. The van der Waals surface area contributed by atoms with Gasteiger partial charge >= 0.3 is 0 Å². The molecule has 178 valence electrons. The van der Waals surface area contributed by atoms with Crippen LogP contribution in [0.25, 0.3) is 10.9 Å². The maximum atomic E-state index is 13.0. The van der Waals surface area contributed by atoms with Crippen LogP contribution in [0.3, 0.4) is 0 Å². The fourth-order valence-electron chi connectivity index (χ4n) is 4.65. The molecule has 1 atom stereocenters. The largest absolute Gasteiger partial charge is 0.388 e. The number of ketones is 1. The summed E-state index contributed by atoms with van der Waals surface area (Å²) in [6.07, 6.45) is 3.00. The first-order chi connectivity index (χ1) is 16.2. The number of hydrogen-bond donors (Lipinski definition) is 1. The molecule has 34 heavy (non-hydrogen) atoms. The van der Waals surface area contributed by atoms with Crippen molar-refractivity contribution in [1.29, 1.82) is 0 Å². The highest BCUT2D eigenvalue weighted by molar-refractivity contribution is 5.82. The Hall–Kier alpha value is -3.32. The Morgan fingerprint density at radius 3 is 2.50 bits per heavy atom. The number of carbonyl (C=O) groups is 2. The third-order valence-corrected chi connectivity index (χ3v) is 6.70. The number of benzene rings is 2. The summed E-state index contributed by atoms with van der Waals surface area (Å²) in [7, 11) is 0. The number of hydrogen-bond acceptors (Lipinski definition) is 5. The Kier molecular flexibility index (Phi) is 6.93. The lowest BCUT2D eigenvalue weighted by atomic mass is 9.90. The minimum absolute atomic E-state index is 0.0502. The van der Waals surface area contributed by atoms with Gasteiger partial charge in [-0.1, -0.05) is 43.3 Å². The maximum Gasteiger partial charge on any atom is 0.261 e. The average molecular weight is 462 g/mol. The molecule has 4 rings (SSSR count). The Bertz CT molecular complexity index is 1240. The van der Waals surface area contributed by atoms with E-state index in [1.807, 2.05) is 35.2 Å². The Morgan fingerprint density at radius 1 is 1.12 bits per heavy atom. The molecule has 1 saturated heterocycles. The summed E-state index contributed by atoms with van der Waals surface area (Å²) >= 11 is 0. The quantitative estimate of drug-likeness (QED) is 0.584. The Balaban J connectivity index is 1.39.